The lowest BCUT2D eigenvalue weighted by Crippen LogP contribution is -2.42. The molecule has 0 fully saturated rings. The van der Waals surface area contributed by atoms with E-state index in [1.54, 1.807) is 11.0 Å². The van der Waals surface area contributed by atoms with Crippen LogP contribution in [-0.2, 0) is 4.79 Å². The molecule has 0 spiro atoms. The summed E-state index contributed by atoms with van der Waals surface area (Å²) in [6.07, 6.45) is 1.90. The minimum atomic E-state index is -0.307. The van der Waals surface area contributed by atoms with Crippen LogP contribution in [0.5, 0.6) is 0 Å². The van der Waals surface area contributed by atoms with Crippen molar-refractivity contribution in [2.45, 2.75) is 26.8 Å². The first kappa shape index (κ1) is 23.0. The molecule has 4 aromatic rings. The van der Waals surface area contributed by atoms with E-state index in [1.807, 2.05) is 110 Å². The second-order valence-corrected chi connectivity index (χ2v) is 8.41. The van der Waals surface area contributed by atoms with Crippen LogP contribution in [0.15, 0.2) is 91.1 Å². The number of imidazole rings is 1. The van der Waals surface area contributed by atoms with Gasteiger partial charge in [-0.3, -0.25) is 19.5 Å². The van der Waals surface area contributed by atoms with Crippen molar-refractivity contribution in [3.63, 3.8) is 0 Å². The van der Waals surface area contributed by atoms with Gasteiger partial charge in [-0.2, -0.15) is 0 Å². The standard InChI is InChI=1S/C28H28N4O2/c1-20(2)31(27(34)24-17-11-10-12-21(24)3)19-26(33)30-28-29-25(22-13-6-4-7-14-22)18-32(28)23-15-8-5-9-16-23/h4-18,20H,19H2,1-3H3,(H,29,30,33). The van der Waals surface area contributed by atoms with E-state index in [4.69, 9.17) is 4.98 Å². The van der Waals surface area contributed by atoms with Crippen LogP contribution in [0.25, 0.3) is 16.9 Å². The summed E-state index contributed by atoms with van der Waals surface area (Å²) < 4.78 is 1.85. The van der Waals surface area contributed by atoms with Crippen molar-refractivity contribution in [3.05, 3.63) is 102 Å². The highest BCUT2D eigenvalue weighted by Crippen LogP contribution is 2.24. The zero-order valence-corrected chi connectivity index (χ0v) is 19.6. The number of aryl methyl sites for hydroxylation is 1. The van der Waals surface area contributed by atoms with Gasteiger partial charge in [0.05, 0.1) is 5.69 Å². The van der Waals surface area contributed by atoms with Crippen molar-refractivity contribution in [3.8, 4) is 16.9 Å². The number of amides is 2. The molecule has 4 rings (SSSR count). The molecule has 0 aliphatic carbocycles. The number of hydrogen-bond donors (Lipinski definition) is 1. The van der Waals surface area contributed by atoms with E-state index in [0.717, 1.165) is 22.5 Å². The topological polar surface area (TPSA) is 67.2 Å². The number of carbonyl (C=O) groups excluding carboxylic acids is 2. The Morgan fingerprint density at radius 1 is 0.912 bits per heavy atom. The van der Waals surface area contributed by atoms with Gasteiger partial charge in [0.25, 0.3) is 5.91 Å². The molecule has 0 saturated carbocycles. The Morgan fingerprint density at radius 3 is 2.18 bits per heavy atom. The summed E-state index contributed by atoms with van der Waals surface area (Å²) in [6.45, 7) is 5.63. The molecule has 1 N–H and O–H groups in total. The fourth-order valence-corrected chi connectivity index (χ4v) is 3.78. The number of nitrogens with one attached hydrogen (secondary N) is 1. The second-order valence-electron chi connectivity index (χ2n) is 8.41. The van der Waals surface area contributed by atoms with Gasteiger partial charge >= 0.3 is 0 Å². The maximum Gasteiger partial charge on any atom is 0.254 e. The first-order chi connectivity index (χ1) is 16.4. The quantitative estimate of drug-likeness (QED) is 0.412. The predicted molar refractivity (Wildman–Crippen MR) is 135 cm³/mol. The number of rotatable bonds is 7. The highest BCUT2D eigenvalue weighted by Gasteiger charge is 2.24. The summed E-state index contributed by atoms with van der Waals surface area (Å²) in [6, 6.07) is 26.8. The summed E-state index contributed by atoms with van der Waals surface area (Å²) in [5.74, 6) is -0.0697. The van der Waals surface area contributed by atoms with Gasteiger partial charge in [0.1, 0.15) is 6.54 Å². The fourth-order valence-electron chi connectivity index (χ4n) is 3.78. The van der Waals surface area contributed by atoms with E-state index in [9.17, 15) is 9.59 Å². The average molecular weight is 453 g/mol. The molecular formula is C28H28N4O2. The van der Waals surface area contributed by atoms with Gasteiger partial charge in [-0.1, -0.05) is 66.7 Å². The number of hydrogen-bond acceptors (Lipinski definition) is 3. The Balaban J connectivity index is 1.61. The number of carbonyl (C=O) groups is 2. The fraction of sp³-hybridized carbons (Fsp3) is 0.179. The van der Waals surface area contributed by atoms with Crippen molar-refractivity contribution in [1.82, 2.24) is 14.5 Å². The third-order valence-electron chi connectivity index (χ3n) is 5.63. The molecule has 0 radical (unpaired) electrons. The predicted octanol–water partition coefficient (Wildman–Crippen LogP) is 5.34. The molecule has 0 atom stereocenters. The lowest BCUT2D eigenvalue weighted by molar-refractivity contribution is -0.117. The molecule has 0 saturated heterocycles. The summed E-state index contributed by atoms with van der Waals surface area (Å²) in [5.41, 5.74) is 4.05. The van der Waals surface area contributed by atoms with Crippen LogP contribution >= 0.6 is 0 Å². The molecule has 0 aliphatic heterocycles. The van der Waals surface area contributed by atoms with Crippen molar-refractivity contribution >= 4 is 17.8 Å². The van der Waals surface area contributed by atoms with Crippen LogP contribution in [-0.4, -0.2) is 38.9 Å². The lowest BCUT2D eigenvalue weighted by Gasteiger charge is -2.26. The monoisotopic (exact) mass is 452 g/mol. The SMILES string of the molecule is Cc1ccccc1C(=O)N(CC(=O)Nc1nc(-c2ccccc2)cn1-c1ccccc1)C(C)C. The van der Waals surface area contributed by atoms with Gasteiger partial charge in [-0.25, -0.2) is 4.98 Å². The lowest BCUT2D eigenvalue weighted by atomic mass is 10.1. The van der Waals surface area contributed by atoms with Gasteiger partial charge in [0.2, 0.25) is 11.9 Å². The highest BCUT2D eigenvalue weighted by molar-refractivity contribution is 6.00. The van der Waals surface area contributed by atoms with Crippen LogP contribution in [0.1, 0.15) is 29.8 Å². The zero-order chi connectivity index (χ0) is 24.1. The number of benzene rings is 3. The van der Waals surface area contributed by atoms with Crippen molar-refractivity contribution in [2.75, 3.05) is 11.9 Å². The Labute approximate surface area is 199 Å². The third kappa shape index (κ3) is 5.07. The van der Waals surface area contributed by atoms with Crippen LogP contribution in [0.3, 0.4) is 0 Å². The van der Waals surface area contributed by atoms with Gasteiger partial charge in [-0.15, -0.1) is 0 Å². The minimum Gasteiger partial charge on any atom is -0.327 e. The van der Waals surface area contributed by atoms with Crippen LogP contribution in [0.4, 0.5) is 5.95 Å². The summed E-state index contributed by atoms with van der Waals surface area (Å²) in [7, 11) is 0. The molecule has 0 unspecified atom stereocenters. The molecular weight excluding hydrogens is 424 g/mol. The first-order valence-electron chi connectivity index (χ1n) is 11.3. The molecule has 3 aromatic carbocycles. The van der Waals surface area contributed by atoms with Crippen LogP contribution in [0.2, 0.25) is 0 Å². The molecule has 2 amide bonds. The van der Waals surface area contributed by atoms with E-state index >= 15 is 0 Å². The smallest absolute Gasteiger partial charge is 0.254 e. The molecule has 1 heterocycles. The molecule has 34 heavy (non-hydrogen) atoms. The number of anilines is 1. The van der Waals surface area contributed by atoms with Crippen molar-refractivity contribution in [1.29, 1.82) is 0 Å². The third-order valence-corrected chi connectivity index (χ3v) is 5.63. The van der Waals surface area contributed by atoms with Gasteiger partial charge in [0, 0.05) is 29.1 Å². The Kier molecular flexibility index (Phi) is 6.87. The summed E-state index contributed by atoms with van der Waals surface area (Å²) in [5, 5.41) is 2.92. The summed E-state index contributed by atoms with van der Waals surface area (Å²) >= 11 is 0. The number of para-hydroxylation sites is 1. The normalized spacial score (nSPS) is 10.8. The van der Waals surface area contributed by atoms with E-state index in [-0.39, 0.29) is 24.4 Å². The van der Waals surface area contributed by atoms with Crippen LogP contribution in [0, 0.1) is 6.92 Å². The van der Waals surface area contributed by atoms with Crippen LogP contribution < -0.4 is 5.32 Å². The summed E-state index contributed by atoms with van der Waals surface area (Å²) in [4.78, 5) is 32.6. The van der Waals surface area contributed by atoms with Gasteiger partial charge in [0.15, 0.2) is 0 Å². The largest absolute Gasteiger partial charge is 0.327 e. The Bertz CT molecular complexity index is 1280. The maximum atomic E-state index is 13.2. The second kappa shape index (κ2) is 10.2. The Hall–Kier alpha value is -4.19. The maximum absolute atomic E-state index is 13.2. The molecule has 6 heteroatoms. The van der Waals surface area contributed by atoms with Crippen molar-refractivity contribution in [2.24, 2.45) is 0 Å². The van der Waals surface area contributed by atoms with E-state index in [1.165, 1.54) is 0 Å². The molecule has 172 valence electrons. The Morgan fingerprint density at radius 2 is 1.53 bits per heavy atom. The first-order valence-corrected chi connectivity index (χ1v) is 11.3. The molecule has 0 aliphatic rings. The molecule has 1 aromatic heterocycles. The van der Waals surface area contributed by atoms with E-state index in [0.29, 0.717) is 11.5 Å². The molecule has 6 nitrogen and oxygen atoms in total. The van der Waals surface area contributed by atoms with Gasteiger partial charge in [-0.05, 0) is 44.5 Å². The molecule has 0 bridgehead atoms. The number of nitrogens with zero attached hydrogens (tertiary/aromatic N) is 3. The van der Waals surface area contributed by atoms with E-state index < -0.39 is 0 Å². The van der Waals surface area contributed by atoms with Gasteiger partial charge < -0.3 is 4.90 Å². The average Bonchev–Trinajstić information content (AvgIpc) is 3.27. The number of aromatic nitrogens is 2. The van der Waals surface area contributed by atoms with Crippen molar-refractivity contribution < 1.29 is 9.59 Å². The highest BCUT2D eigenvalue weighted by atomic mass is 16.2. The van der Waals surface area contributed by atoms with E-state index in [2.05, 4.69) is 5.32 Å². The zero-order valence-electron chi connectivity index (χ0n) is 19.6. The minimum absolute atomic E-state index is 0.0762.